The molecule has 0 saturated heterocycles. The van der Waals surface area contributed by atoms with E-state index in [9.17, 15) is 4.79 Å². The SMILES string of the molecule is CCOc1cc(C(=O)NCCCOCC(C)C)ccc1OC. The highest BCUT2D eigenvalue weighted by Crippen LogP contribution is 2.27. The molecule has 5 heteroatoms. The van der Waals surface area contributed by atoms with Gasteiger partial charge in [-0.3, -0.25) is 4.79 Å². The van der Waals surface area contributed by atoms with Crippen molar-refractivity contribution in [1.82, 2.24) is 5.32 Å². The van der Waals surface area contributed by atoms with Crippen molar-refractivity contribution in [2.24, 2.45) is 5.92 Å². The summed E-state index contributed by atoms with van der Waals surface area (Å²) >= 11 is 0. The third-order valence-electron chi connectivity index (χ3n) is 2.93. The van der Waals surface area contributed by atoms with Gasteiger partial charge in [0.1, 0.15) is 0 Å². The molecule has 1 amide bonds. The molecule has 0 heterocycles. The molecule has 0 aromatic heterocycles. The Labute approximate surface area is 132 Å². The van der Waals surface area contributed by atoms with E-state index in [0.717, 1.165) is 13.0 Å². The zero-order valence-corrected chi connectivity index (χ0v) is 14.0. The molecule has 0 aliphatic heterocycles. The molecule has 0 atom stereocenters. The highest BCUT2D eigenvalue weighted by molar-refractivity contribution is 5.94. The minimum Gasteiger partial charge on any atom is -0.493 e. The average molecular weight is 309 g/mol. The normalized spacial score (nSPS) is 10.6. The van der Waals surface area contributed by atoms with Gasteiger partial charge < -0.3 is 19.5 Å². The molecule has 124 valence electrons. The van der Waals surface area contributed by atoms with Crippen molar-refractivity contribution >= 4 is 5.91 Å². The first-order valence-electron chi connectivity index (χ1n) is 7.75. The molecular weight excluding hydrogens is 282 g/mol. The van der Waals surface area contributed by atoms with Gasteiger partial charge in [-0.2, -0.15) is 0 Å². The van der Waals surface area contributed by atoms with Crippen molar-refractivity contribution in [1.29, 1.82) is 0 Å². The summed E-state index contributed by atoms with van der Waals surface area (Å²) in [5.41, 5.74) is 0.562. The van der Waals surface area contributed by atoms with Gasteiger partial charge in [0.15, 0.2) is 11.5 Å². The molecule has 0 aliphatic carbocycles. The number of hydrogen-bond donors (Lipinski definition) is 1. The van der Waals surface area contributed by atoms with Crippen LogP contribution in [0.2, 0.25) is 0 Å². The zero-order chi connectivity index (χ0) is 16.4. The van der Waals surface area contributed by atoms with Crippen LogP contribution in [0.1, 0.15) is 37.6 Å². The van der Waals surface area contributed by atoms with Gasteiger partial charge in [0.25, 0.3) is 5.91 Å². The minimum absolute atomic E-state index is 0.118. The van der Waals surface area contributed by atoms with E-state index in [-0.39, 0.29) is 5.91 Å². The highest BCUT2D eigenvalue weighted by Gasteiger charge is 2.10. The lowest BCUT2D eigenvalue weighted by molar-refractivity contribution is 0.0924. The standard InChI is InChI=1S/C17H27NO4/c1-5-22-16-11-14(7-8-15(16)20-4)17(19)18-9-6-10-21-12-13(2)3/h7-8,11,13H,5-6,9-10,12H2,1-4H3,(H,18,19). The van der Waals surface area contributed by atoms with Crippen molar-refractivity contribution in [2.45, 2.75) is 27.2 Å². The van der Waals surface area contributed by atoms with E-state index in [0.29, 0.717) is 42.7 Å². The van der Waals surface area contributed by atoms with Crippen LogP contribution < -0.4 is 14.8 Å². The van der Waals surface area contributed by atoms with E-state index in [1.165, 1.54) is 0 Å². The number of nitrogens with one attached hydrogen (secondary N) is 1. The molecule has 1 aromatic carbocycles. The van der Waals surface area contributed by atoms with Crippen LogP contribution in [-0.2, 0) is 4.74 Å². The molecule has 0 spiro atoms. The number of rotatable bonds is 10. The monoisotopic (exact) mass is 309 g/mol. The van der Waals surface area contributed by atoms with E-state index < -0.39 is 0 Å². The van der Waals surface area contributed by atoms with Crippen molar-refractivity contribution < 1.29 is 19.0 Å². The number of ether oxygens (including phenoxy) is 3. The molecule has 0 fully saturated rings. The van der Waals surface area contributed by atoms with E-state index in [1.807, 2.05) is 6.92 Å². The zero-order valence-electron chi connectivity index (χ0n) is 14.0. The summed E-state index contributed by atoms with van der Waals surface area (Å²) in [6.45, 7) is 8.64. The van der Waals surface area contributed by atoms with E-state index in [4.69, 9.17) is 14.2 Å². The van der Waals surface area contributed by atoms with E-state index in [1.54, 1.807) is 25.3 Å². The maximum atomic E-state index is 12.1. The first-order valence-corrected chi connectivity index (χ1v) is 7.75. The van der Waals surface area contributed by atoms with Crippen LogP contribution in [-0.4, -0.2) is 39.4 Å². The molecule has 5 nitrogen and oxygen atoms in total. The molecule has 0 radical (unpaired) electrons. The third kappa shape index (κ3) is 6.35. The van der Waals surface area contributed by atoms with Crippen molar-refractivity contribution in [3.8, 4) is 11.5 Å². The maximum absolute atomic E-state index is 12.1. The third-order valence-corrected chi connectivity index (χ3v) is 2.93. The Kier molecular flexibility index (Phi) is 8.36. The van der Waals surface area contributed by atoms with Gasteiger partial charge in [-0.15, -0.1) is 0 Å². The van der Waals surface area contributed by atoms with Crippen molar-refractivity contribution in [3.05, 3.63) is 23.8 Å². The van der Waals surface area contributed by atoms with Crippen LogP contribution in [0.5, 0.6) is 11.5 Å². The summed E-state index contributed by atoms with van der Waals surface area (Å²) in [4.78, 5) is 12.1. The smallest absolute Gasteiger partial charge is 0.251 e. The topological polar surface area (TPSA) is 56.8 Å². The highest BCUT2D eigenvalue weighted by atomic mass is 16.5. The van der Waals surface area contributed by atoms with Crippen LogP contribution >= 0.6 is 0 Å². The van der Waals surface area contributed by atoms with Crippen molar-refractivity contribution in [3.63, 3.8) is 0 Å². The number of amides is 1. The van der Waals surface area contributed by atoms with Crippen LogP contribution in [0.3, 0.4) is 0 Å². The average Bonchev–Trinajstić information content (AvgIpc) is 2.50. The maximum Gasteiger partial charge on any atom is 0.251 e. The van der Waals surface area contributed by atoms with Gasteiger partial charge in [-0.1, -0.05) is 13.8 Å². The predicted molar refractivity (Wildman–Crippen MR) is 86.8 cm³/mol. The van der Waals surface area contributed by atoms with Gasteiger partial charge in [0.2, 0.25) is 0 Å². The Balaban J connectivity index is 2.43. The largest absolute Gasteiger partial charge is 0.493 e. The number of carbonyl (C=O) groups excluding carboxylic acids is 1. The van der Waals surface area contributed by atoms with Crippen LogP contribution in [0.4, 0.5) is 0 Å². The fraction of sp³-hybridized carbons (Fsp3) is 0.588. The van der Waals surface area contributed by atoms with E-state index in [2.05, 4.69) is 19.2 Å². The van der Waals surface area contributed by atoms with Gasteiger partial charge in [-0.05, 0) is 37.5 Å². The van der Waals surface area contributed by atoms with Crippen LogP contribution in [0, 0.1) is 5.92 Å². The number of benzene rings is 1. The Morgan fingerprint density at radius 1 is 1.27 bits per heavy atom. The van der Waals surface area contributed by atoms with Gasteiger partial charge in [-0.25, -0.2) is 0 Å². The summed E-state index contributed by atoms with van der Waals surface area (Å²) in [5, 5.41) is 2.88. The second-order valence-corrected chi connectivity index (χ2v) is 5.38. The van der Waals surface area contributed by atoms with E-state index >= 15 is 0 Å². The number of carbonyl (C=O) groups is 1. The van der Waals surface area contributed by atoms with Crippen LogP contribution in [0.15, 0.2) is 18.2 Å². The predicted octanol–water partition coefficient (Wildman–Crippen LogP) is 2.89. The molecular formula is C17H27NO4. The number of methoxy groups -OCH3 is 1. The first kappa shape index (κ1) is 18.3. The Morgan fingerprint density at radius 2 is 2.05 bits per heavy atom. The summed E-state index contributed by atoms with van der Waals surface area (Å²) in [6.07, 6.45) is 0.799. The second kappa shape index (κ2) is 10.1. The molecule has 22 heavy (non-hydrogen) atoms. The quantitative estimate of drug-likeness (QED) is 0.675. The minimum atomic E-state index is -0.118. The summed E-state index contributed by atoms with van der Waals surface area (Å²) in [7, 11) is 1.58. The fourth-order valence-corrected chi connectivity index (χ4v) is 1.88. The summed E-state index contributed by atoms with van der Waals surface area (Å²) < 4.78 is 16.2. The number of hydrogen-bond acceptors (Lipinski definition) is 4. The van der Waals surface area contributed by atoms with Gasteiger partial charge in [0, 0.05) is 25.3 Å². The lowest BCUT2D eigenvalue weighted by Crippen LogP contribution is -2.25. The molecule has 1 N–H and O–H groups in total. The lowest BCUT2D eigenvalue weighted by atomic mass is 10.2. The molecule has 0 unspecified atom stereocenters. The summed E-state index contributed by atoms with van der Waals surface area (Å²) in [6, 6.07) is 5.17. The molecule has 0 bridgehead atoms. The van der Waals surface area contributed by atoms with Crippen molar-refractivity contribution in [2.75, 3.05) is 33.5 Å². The lowest BCUT2D eigenvalue weighted by Gasteiger charge is -2.11. The first-order chi connectivity index (χ1) is 10.6. The Morgan fingerprint density at radius 3 is 2.68 bits per heavy atom. The van der Waals surface area contributed by atoms with Gasteiger partial charge in [0.05, 0.1) is 13.7 Å². The second-order valence-electron chi connectivity index (χ2n) is 5.38. The Hall–Kier alpha value is -1.75. The molecule has 0 aliphatic rings. The van der Waals surface area contributed by atoms with Gasteiger partial charge >= 0.3 is 0 Å². The summed E-state index contributed by atoms with van der Waals surface area (Å²) in [5.74, 6) is 1.62. The fourth-order valence-electron chi connectivity index (χ4n) is 1.88. The molecule has 1 aromatic rings. The molecule has 0 saturated carbocycles. The molecule has 1 rings (SSSR count). The Bertz CT molecular complexity index is 460. The van der Waals surface area contributed by atoms with Crippen LogP contribution in [0.25, 0.3) is 0 Å².